The Balaban J connectivity index is 1.90. The highest BCUT2D eigenvalue weighted by molar-refractivity contribution is 7.17. The number of carboxylic acid groups (broad SMARTS) is 1. The third kappa shape index (κ3) is 2.73. The minimum atomic E-state index is -0.916. The number of halogens is 1. The van der Waals surface area contributed by atoms with Gasteiger partial charge in [0.1, 0.15) is 12.4 Å². The van der Waals surface area contributed by atoms with Gasteiger partial charge in [-0.15, -0.1) is 11.3 Å². The second-order valence-corrected chi connectivity index (χ2v) is 5.75. The quantitative estimate of drug-likeness (QED) is 0.749. The smallest absolute Gasteiger partial charge is 0.337 e. The fraction of sp³-hybridized carbons (Fsp3) is 0.0625. The van der Waals surface area contributed by atoms with Gasteiger partial charge in [-0.25, -0.2) is 4.79 Å². The molecule has 0 spiro atoms. The number of hydrogen-bond donors (Lipinski definition) is 1. The summed E-state index contributed by atoms with van der Waals surface area (Å²) >= 11 is 7.46. The molecule has 0 saturated heterocycles. The second-order valence-electron chi connectivity index (χ2n) is 4.47. The van der Waals surface area contributed by atoms with Gasteiger partial charge in [0.05, 0.1) is 10.6 Å². The van der Waals surface area contributed by atoms with Gasteiger partial charge >= 0.3 is 5.97 Å². The molecule has 0 aliphatic carbocycles. The molecule has 3 rings (SSSR count). The number of para-hydroxylation sites is 1. The molecule has 1 N–H and O–H groups in total. The number of benzene rings is 2. The molecule has 0 bridgehead atoms. The maximum absolute atomic E-state index is 11.2. The normalized spacial score (nSPS) is 10.7. The van der Waals surface area contributed by atoms with E-state index in [4.69, 9.17) is 16.3 Å². The van der Waals surface area contributed by atoms with Crippen molar-refractivity contribution in [1.82, 2.24) is 0 Å². The third-order valence-electron chi connectivity index (χ3n) is 3.13. The first-order valence-electron chi connectivity index (χ1n) is 6.26. The Morgan fingerprint density at radius 1 is 1.19 bits per heavy atom. The van der Waals surface area contributed by atoms with E-state index in [0.717, 1.165) is 15.6 Å². The predicted octanol–water partition coefficient (Wildman–Crippen LogP) is 4.83. The van der Waals surface area contributed by atoms with E-state index in [1.807, 2.05) is 23.6 Å². The summed E-state index contributed by atoms with van der Waals surface area (Å²) in [6, 6.07) is 12.5. The van der Waals surface area contributed by atoms with Crippen molar-refractivity contribution in [3.63, 3.8) is 0 Å². The van der Waals surface area contributed by atoms with Crippen molar-refractivity contribution in [2.75, 3.05) is 0 Å². The molecule has 0 saturated carbocycles. The average molecular weight is 319 g/mol. The molecule has 0 amide bonds. The lowest BCUT2D eigenvalue weighted by molar-refractivity contribution is 0.0699. The zero-order valence-electron chi connectivity index (χ0n) is 10.9. The standard InChI is InChI=1S/C16H11ClO3S/c17-13-6-1-2-7-14(13)20-8-10-9-21-15-11(10)4-3-5-12(15)16(18)19/h1-7,9H,8H2,(H,18,19). The van der Waals surface area contributed by atoms with Crippen LogP contribution in [0.3, 0.4) is 0 Å². The molecule has 21 heavy (non-hydrogen) atoms. The van der Waals surface area contributed by atoms with Gasteiger partial charge in [-0.3, -0.25) is 0 Å². The van der Waals surface area contributed by atoms with Crippen LogP contribution >= 0.6 is 22.9 Å². The lowest BCUT2D eigenvalue weighted by Gasteiger charge is -2.07. The summed E-state index contributed by atoms with van der Waals surface area (Å²) in [5.74, 6) is -0.297. The van der Waals surface area contributed by atoms with Crippen molar-refractivity contribution in [3.8, 4) is 5.75 Å². The van der Waals surface area contributed by atoms with Crippen molar-refractivity contribution in [2.45, 2.75) is 6.61 Å². The molecule has 0 aliphatic rings. The highest BCUT2D eigenvalue weighted by atomic mass is 35.5. The molecule has 3 aromatic rings. The van der Waals surface area contributed by atoms with Gasteiger partial charge in [0.25, 0.3) is 0 Å². The average Bonchev–Trinajstić information content (AvgIpc) is 2.89. The summed E-state index contributed by atoms with van der Waals surface area (Å²) in [5.41, 5.74) is 1.28. The molecule has 1 aromatic heterocycles. The van der Waals surface area contributed by atoms with Crippen LogP contribution in [0.4, 0.5) is 0 Å². The number of carboxylic acids is 1. The van der Waals surface area contributed by atoms with E-state index in [1.165, 1.54) is 11.3 Å². The van der Waals surface area contributed by atoms with Gasteiger partial charge < -0.3 is 9.84 Å². The number of aromatic carboxylic acids is 1. The van der Waals surface area contributed by atoms with Crippen LogP contribution in [0.2, 0.25) is 5.02 Å². The number of carbonyl (C=O) groups is 1. The molecule has 0 fully saturated rings. The van der Waals surface area contributed by atoms with E-state index >= 15 is 0 Å². The van der Waals surface area contributed by atoms with Gasteiger partial charge in [0.2, 0.25) is 0 Å². The van der Waals surface area contributed by atoms with Gasteiger partial charge in [-0.2, -0.15) is 0 Å². The molecule has 0 radical (unpaired) electrons. The number of fused-ring (bicyclic) bond motifs is 1. The van der Waals surface area contributed by atoms with Crippen molar-refractivity contribution in [1.29, 1.82) is 0 Å². The third-order valence-corrected chi connectivity index (χ3v) is 4.52. The summed E-state index contributed by atoms with van der Waals surface area (Å²) in [6.07, 6.45) is 0. The molecule has 0 aliphatic heterocycles. The zero-order valence-corrected chi connectivity index (χ0v) is 12.4. The topological polar surface area (TPSA) is 46.5 Å². The Kier molecular flexibility index (Phi) is 3.82. The monoisotopic (exact) mass is 318 g/mol. The Hall–Kier alpha value is -2.04. The first-order valence-corrected chi connectivity index (χ1v) is 7.52. The molecule has 3 nitrogen and oxygen atoms in total. The van der Waals surface area contributed by atoms with Crippen LogP contribution in [0.25, 0.3) is 10.1 Å². The number of thiophene rings is 1. The number of hydrogen-bond acceptors (Lipinski definition) is 3. The van der Waals surface area contributed by atoms with Gasteiger partial charge in [-0.1, -0.05) is 35.9 Å². The Bertz CT molecular complexity index is 810. The van der Waals surface area contributed by atoms with Crippen molar-refractivity contribution in [3.05, 3.63) is 64.0 Å². The van der Waals surface area contributed by atoms with Crippen LogP contribution in [-0.4, -0.2) is 11.1 Å². The van der Waals surface area contributed by atoms with Gasteiger partial charge in [-0.05, 0) is 29.0 Å². The second kappa shape index (κ2) is 5.76. The number of rotatable bonds is 4. The molecule has 0 unspecified atom stereocenters. The molecular formula is C16H11ClO3S. The van der Waals surface area contributed by atoms with Crippen LogP contribution in [0.5, 0.6) is 5.75 Å². The molecular weight excluding hydrogens is 308 g/mol. The van der Waals surface area contributed by atoms with Crippen LogP contribution in [0.15, 0.2) is 47.8 Å². The highest BCUT2D eigenvalue weighted by Crippen LogP contribution is 2.31. The largest absolute Gasteiger partial charge is 0.487 e. The van der Waals surface area contributed by atoms with E-state index < -0.39 is 5.97 Å². The summed E-state index contributed by atoms with van der Waals surface area (Å²) in [6.45, 7) is 0.354. The highest BCUT2D eigenvalue weighted by Gasteiger charge is 2.13. The maximum Gasteiger partial charge on any atom is 0.337 e. The van der Waals surface area contributed by atoms with Crippen LogP contribution in [0.1, 0.15) is 15.9 Å². The SMILES string of the molecule is O=C(O)c1cccc2c(COc3ccccc3Cl)csc12. The van der Waals surface area contributed by atoms with Crippen LogP contribution < -0.4 is 4.74 Å². The summed E-state index contributed by atoms with van der Waals surface area (Å²) in [7, 11) is 0. The van der Waals surface area contributed by atoms with Crippen molar-refractivity contribution in [2.24, 2.45) is 0 Å². The molecule has 5 heteroatoms. The fourth-order valence-corrected chi connectivity index (χ4v) is 3.36. The summed E-state index contributed by atoms with van der Waals surface area (Å²) in [5, 5.41) is 12.6. The molecule has 106 valence electrons. The number of ether oxygens (including phenoxy) is 1. The Labute approximate surface area is 130 Å². The first kappa shape index (κ1) is 13.9. The Morgan fingerprint density at radius 3 is 2.76 bits per heavy atom. The Morgan fingerprint density at radius 2 is 2.00 bits per heavy atom. The molecule has 1 heterocycles. The predicted molar refractivity (Wildman–Crippen MR) is 84.6 cm³/mol. The van der Waals surface area contributed by atoms with Crippen molar-refractivity contribution < 1.29 is 14.6 Å². The van der Waals surface area contributed by atoms with E-state index in [1.54, 1.807) is 24.3 Å². The first-order chi connectivity index (χ1) is 10.2. The van der Waals surface area contributed by atoms with Gasteiger partial charge in [0.15, 0.2) is 0 Å². The maximum atomic E-state index is 11.2. The van der Waals surface area contributed by atoms with Gasteiger partial charge in [0, 0.05) is 10.3 Å². The van der Waals surface area contributed by atoms with Crippen molar-refractivity contribution >= 4 is 39.0 Å². The summed E-state index contributed by atoms with van der Waals surface area (Å²) in [4.78, 5) is 11.2. The molecule has 2 aromatic carbocycles. The minimum absolute atomic E-state index is 0.321. The molecule has 0 atom stereocenters. The summed E-state index contributed by atoms with van der Waals surface area (Å²) < 4.78 is 6.48. The van der Waals surface area contributed by atoms with E-state index in [-0.39, 0.29) is 0 Å². The zero-order chi connectivity index (χ0) is 14.8. The van der Waals surface area contributed by atoms with E-state index in [0.29, 0.717) is 22.9 Å². The lowest BCUT2D eigenvalue weighted by atomic mass is 10.1. The van der Waals surface area contributed by atoms with E-state index in [2.05, 4.69) is 0 Å². The minimum Gasteiger partial charge on any atom is -0.487 e. The van der Waals surface area contributed by atoms with Crippen LogP contribution in [-0.2, 0) is 6.61 Å². The van der Waals surface area contributed by atoms with Crippen LogP contribution in [0, 0.1) is 0 Å². The lowest BCUT2D eigenvalue weighted by Crippen LogP contribution is -1.97. The van der Waals surface area contributed by atoms with E-state index in [9.17, 15) is 9.90 Å². The fourth-order valence-electron chi connectivity index (χ4n) is 2.11.